The van der Waals surface area contributed by atoms with Crippen molar-refractivity contribution in [3.05, 3.63) is 6.92 Å². The van der Waals surface area contributed by atoms with E-state index in [1.54, 1.807) is 0 Å². The highest BCUT2D eigenvalue weighted by Gasteiger charge is 2.29. The van der Waals surface area contributed by atoms with Crippen LogP contribution in [0.4, 0.5) is 0 Å². The molecule has 1 fully saturated rings. The summed E-state index contributed by atoms with van der Waals surface area (Å²) in [4.78, 5) is 0. The molecule has 0 spiro atoms. The van der Waals surface area contributed by atoms with Crippen molar-refractivity contribution >= 4 is 8.38 Å². The topological polar surface area (TPSA) is 18.5 Å². The van der Waals surface area contributed by atoms with Gasteiger partial charge in [0.25, 0.3) is 0 Å². The maximum atomic E-state index is 5.36. The van der Waals surface area contributed by atoms with Gasteiger partial charge in [0.1, 0.15) is 0 Å². The summed E-state index contributed by atoms with van der Waals surface area (Å²) in [5.41, 5.74) is 0.0227. The van der Waals surface area contributed by atoms with Crippen LogP contribution in [0.1, 0.15) is 13.3 Å². The van der Waals surface area contributed by atoms with Gasteiger partial charge in [0.15, 0.2) is 8.38 Å². The first-order valence-electron chi connectivity index (χ1n) is 3.51. The van der Waals surface area contributed by atoms with Gasteiger partial charge in [-0.25, -0.2) is 0 Å². The fourth-order valence-corrected chi connectivity index (χ4v) is 1.72. The molecule has 1 saturated heterocycles. The Labute approximate surface area is 63.8 Å². The monoisotopic (exact) mass is 161 g/mol. The van der Waals surface area contributed by atoms with E-state index in [1.165, 1.54) is 0 Å². The molecule has 0 bridgehead atoms. The van der Waals surface area contributed by atoms with Gasteiger partial charge in [-0.1, -0.05) is 6.92 Å². The van der Waals surface area contributed by atoms with Crippen molar-refractivity contribution in [2.24, 2.45) is 5.41 Å². The zero-order valence-electron chi connectivity index (χ0n) is 6.59. The second-order valence-electron chi connectivity index (χ2n) is 2.84. The Kier molecular flexibility index (Phi) is 2.67. The summed E-state index contributed by atoms with van der Waals surface area (Å²) in [5, 5.41) is 0. The van der Waals surface area contributed by atoms with Crippen molar-refractivity contribution in [1.82, 2.24) is 0 Å². The van der Waals surface area contributed by atoms with E-state index < -0.39 is 8.38 Å². The molecule has 1 rings (SSSR count). The fraction of sp³-hybridized carbons (Fsp3) is 0.857. The molecule has 0 N–H and O–H groups in total. The van der Waals surface area contributed by atoms with Crippen molar-refractivity contribution in [3.8, 4) is 0 Å². The molecule has 59 valence electrons. The lowest BCUT2D eigenvalue weighted by Crippen LogP contribution is -2.30. The minimum atomic E-state index is -0.596. The smallest absolute Gasteiger partial charge is 0.167 e. The van der Waals surface area contributed by atoms with Crippen LogP contribution in [0.15, 0.2) is 0 Å². The summed E-state index contributed by atoms with van der Waals surface area (Å²) in [6.45, 7) is 9.64. The van der Waals surface area contributed by atoms with Crippen LogP contribution in [0.5, 0.6) is 0 Å². The first kappa shape index (κ1) is 8.45. The van der Waals surface area contributed by atoms with Crippen LogP contribution in [0.25, 0.3) is 0 Å². The van der Waals surface area contributed by atoms with Crippen LogP contribution in [0, 0.1) is 12.3 Å². The first-order valence-corrected chi connectivity index (χ1v) is 5.14. The standard InChI is InChI=1S/C7H14O2P/c1-4-7(2)5-8-10(3)9-6-7/h2,4-6H2,1,3H3. The minimum absolute atomic E-state index is 0.0227. The number of hydrogen-bond acceptors (Lipinski definition) is 2. The van der Waals surface area contributed by atoms with Crippen LogP contribution < -0.4 is 0 Å². The predicted molar refractivity (Wildman–Crippen MR) is 42.8 cm³/mol. The second-order valence-corrected chi connectivity index (χ2v) is 4.24. The van der Waals surface area contributed by atoms with Gasteiger partial charge < -0.3 is 9.05 Å². The van der Waals surface area contributed by atoms with Gasteiger partial charge >= 0.3 is 0 Å². The average Bonchev–Trinajstić information content (AvgIpc) is 1.96. The van der Waals surface area contributed by atoms with Gasteiger partial charge in [0.2, 0.25) is 0 Å². The molecule has 1 aliphatic heterocycles. The van der Waals surface area contributed by atoms with E-state index in [-0.39, 0.29) is 5.41 Å². The van der Waals surface area contributed by atoms with Crippen LogP contribution in [-0.2, 0) is 9.05 Å². The third kappa shape index (κ3) is 1.91. The lowest BCUT2D eigenvalue weighted by Gasteiger charge is -2.34. The summed E-state index contributed by atoms with van der Waals surface area (Å²) in [7, 11) is -0.596. The Morgan fingerprint density at radius 2 is 2.00 bits per heavy atom. The van der Waals surface area contributed by atoms with Crippen molar-refractivity contribution in [2.75, 3.05) is 19.9 Å². The fourth-order valence-electron chi connectivity index (χ4n) is 0.739. The van der Waals surface area contributed by atoms with Crippen molar-refractivity contribution in [2.45, 2.75) is 13.3 Å². The van der Waals surface area contributed by atoms with E-state index in [1.807, 2.05) is 6.66 Å². The van der Waals surface area contributed by atoms with Crippen LogP contribution in [-0.4, -0.2) is 19.9 Å². The summed E-state index contributed by atoms with van der Waals surface area (Å²) < 4.78 is 10.7. The van der Waals surface area contributed by atoms with Crippen LogP contribution >= 0.6 is 8.38 Å². The molecule has 0 atom stereocenters. The Hall–Kier alpha value is 0.350. The van der Waals surface area contributed by atoms with Gasteiger partial charge in [-0.3, -0.25) is 0 Å². The van der Waals surface area contributed by atoms with E-state index >= 15 is 0 Å². The highest BCUT2D eigenvalue weighted by atomic mass is 31.2. The number of hydrogen-bond donors (Lipinski definition) is 0. The number of rotatable bonds is 1. The molecular weight excluding hydrogens is 147 g/mol. The van der Waals surface area contributed by atoms with Crippen LogP contribution in [0.3, 0.4) is 0 Å². The minimum Gasteiger partial charge on any atom is -0.334 e. The molecule has 0 unspecified atom stereocenters. The molecule has 10 heavy (non-hydrogen) atoms. The largest absolute Gasteiger partial charge is 0.334 e. The highest BCUT2D eigenvalue weighted by molar-refractivity contribution is 7.46. The highest BCUT2D eigenvalue weighted by Crippen LogP contribution is 2.43. The molecule has 0 aliphatic carbocycles. The quantitative estimate of drug-likeness (QED) is 0.549. The summed E-state index contributed by atoms with van der Waals surface area (Å²) in [6, 6.07) is 0. The van der Waals surface area contributed by atoms with Gasteiger partial charge in [-0.2, -0.15) is 0 Å². The van der Waals surface area contributed by atoms with E-state index in [0.717, 1.165) is 19.6 Å². The van der Waals surface area contributed by atoms with E-state index in [0.29, 0.717) is 0 Å². The Balaban J connectivity index is 2.38. The summed E-state index contributed by atoms with van der Waals surface area (Å²) >= 11 is 0. The summed E-state index contributed by atoms with van der Waals surface area (Å²) in [6.07, 6.45) is 1.02. The Bertz CT molecular complexity index is 108. The Morgan fingerprint density at radius 3 is 2.40 bits per heavy atom. The molecule has 1 aliphatic rings. The molecule has 1 radical (unpaired) electrons. The van der Waals surface area contributed by atoms with Gasteiger partial charge in [-0.15, -0.1) is 0 Å². The van der Waals surface area contributed by atoms with Crippen molar-refractivity contribution < 1.29 is 9.05 Å². The second kappa shape index (κ2) is 3.17. The predicted octanol–water partition coefficient (Wildman–Crippen LogP) is 2.21. The molecular formula is C7H14O2P. The van der Waals surface area contributed by atoms with Gasteiger partial charge in [0.05, 0.1) is 13.2 Å². The molecule has 0 aromatic rings. The van der Waals surface area contributed by atoms with Crippen molar-refractivity contribution in [3.63, 3.8) is 0 Å². The van der Waals surface area contributed by atoms with Crippen LogP contribution in [0.2, 0.25) is 0 Å². The molecule has 3 heteroatoms. The zero-order chi connectivity index (χ0) is 7.61. The molecule has 1 heterocycles. The molecule has 0 aromatic heterocycles. The lowest BCUT2D eigenvalue weighted by atomic mass is 9.90. The normalized spacial score (nSPS) is 41.7. The SMILES string of the molecule is [CH2]C1(CC)COP(C)OC1. The molecule has 2 nitrogen and oxygen atoms in total. The van der Waals surface area contributed by atoms with Gasteiger partial charge in [-0.05, 0) is 13.3 Å². The molecule has 0 aromatic carbocycles. The first-order chi connectivity index (χ1) is 4.66. The zero-order valence-corrected chi connectivity index (χ0v) is 7.49. The molecule has 0 amide bonds. The summed E-state index contributed by atoms with van der Waals surface area (Å²) in [5.74, 6) is 0. The maximum Gasteiger partial charge on any atom is 0.167 e. The third-order valence-corrected chi connectivity index (χ3v) is 2.84. The third-order valence-electron chi connectivity index (χ3n) is 1.86. The lowest BCUT2D eigenvalue weighted by molar-refractivity contribution is 0.0662. The van der Waals surface area contributed by atoms with E-state index in [2.05, 4.69) is 13.8 Å². The van der Waals surface area contributed by atoms with E-state index in [4.69, 9.17) is 9.05 Å². The van der Waals surface area contributed by atoms with Crippen molar-refractivity contribution in [1.29, 1.82) is 0 Å². The maximum absolute atomic E-state index is 5.36. The Morgan fingerprint density at radius 1 is 1.50 bits per heavy atom. The average molecular weight is 161 g/mol. The van der Waals surface area contributed by atoms with Gasteiger partial charge in [0, 0.05) is 12.1 Å². The molecule has 0 saturated carbocycles. The van der Waals surface area contributed by atoms with E-state index in [9.17, 15) is 0 Å².